The predicted octanol–water partition coefficient (Wildman–Crippen LogP) is 4.65. The van der Waals surface area contributed by atoms with E-state index in [9.17, 15) is 4.79 Å². The summed E-state index contributed by atoms with van der Waals surface area (Å²) in [5, 5.41) is 1.48. The van der Waals surface area contributed by atoms with Gasteiger partial charge < -0.3 is 0 Å². The predicted molar refractivity (Wildman–Crippen MR) is 106 cm³/mol. The van der Waals surface area contributed by atoms with Crippen LogP contribution in [0.25, 0.3) is 6.08 Å². The zero-order valence-corrected chi connectivity index (χ0v) is 15.1. The molecule has 2 aromatic rings. The Morgan fingerprint density at radius 3 is 2.77 bits per heavy atom. The number of hydrogen-bond donors (Lipinski definition) is 1. The van der Waals surface area contributed by atoms with E-state index in [0.29, 0.717) is 5.82 Å². The van der Waals surface area contributed by atoms with Crippen LogP contribution in [-0.2, 0) is 4.79 Å². The fourth-order valence-electron chi connectivity index (χ4n) is 2.80. The second-order valence-corrected chi connectivity index (χ2v) is 6.24. The molecule has 134 valence electrons. The average Bonchev–Trinajstić information content (AvgIpc) is 2.69. The number of fused-ring (bicyclic) bond motifs is 1. The highest BCUT2D eigenvalue weighted by molar-refractivity contribution is 6.08. The van der Waals surface area contributed by atoms with E-state index in [-0.39, 0.29) is 5.91 Å². The fraction of sp³-hybridized carbons (Fsp3) is 0.286. The number of anilines is 1. The van der Waals surface area contributed by atoms with E-state index >= 15 is 0 Å². The number of amides is 1. The zero-order chi connectivity index (χ0) is 18.2. The number of benzene rings is 1. The molecule has 0 unspecified atom stereocenters. The average molecular weight is 348 g/mol. The summed E-state index contributed by atoms with van der Waals surface area (Å²) >= 11 is 0. The minimum absolute atomic E-state index is 0.172. The standard InChI is InChI=1S/C21H24N4O/c1-2-3-4-8-13-19-23-18-12-9-16-22-21(18)25(24-19)20(26)15-14-17-10-6-5-7-11-17/h5-7,9-12,14-16H,2-4,8,13H2,1H3,(H,23,24). The zero-order valence-electron chi connectivity index (χ0n) is 15.1. The van der Waals surface area contributed by atoms with Gasteiger partial charge in [0, 0.05) is 18.7 Å². The molecule has 1 aromatic heterocycles. The number of carbonyl (C=O) groups is 1. The molecule has 0 saturated carbocycles. The normalized spacial score (nSPS) is 13.3. The van der Waals surface area contributed by atoms with Crippen molar-refractivity contribution in [1.29, 1.82) is 0 Å². The van der Waals surface area contributed by atoms with Crippen molar-refractivity contribution in [2.75, 3.05) is 5.01 Å². The van der Waals surface area contributed by atoms with E-state index in [4.69, 9.17) is 0 Å². The second kappa shape index (κ2) is 8.94. The van der Waals surface area contributed by atoms with Crippen LogP contribution >= 0.6 is 0 Å². The van der Waals surface area contributed by atoms with E-state index in [1.165, 1.54) is 24.3 Å². The summed E-state index contributed by atoms with van der Waals surface area (Å²) < 4.78 is 0. The van der Waals surface area contributed by atoms with Gasteiger partial charge in [-0.1, -0.05) is 56.5 Å². The molecular weight excluding hydrogens is 324 g/mol. The highest BCUT2D eigenvalue weighted by Crippen LogP contribution is 2.28. The third-order valence-electron chi connectivity index (χ3n) is 4.18. The lowest BCUT2D eigenvalue weighted by Crippen LogP contribution is -2.48. The molecule has 0 aliphatic carbocycles. The van der Waals surface area contributed by atoms with Gasteiger partial charge in [0.1, 0.15) is 11.5 Å². The van der Waals surface area contributed by atoms with E-state index < -0.39 is 0 Å². The fourth-order valence-corrected chi connectivity index (χ4v) is 2.80. The number of unbranched alkanes of at least 4 members (excludes halogenated alkanes) is 3. The van der Waals surface area contributed by atoms with Crippen LogP contribution in [0.3, 0.4) is 0 Å². The Bertz CT molecular complexity index is 799. The van der Waals surface area contributed by atoms with Crippen molar-refractivity contribution in [3.05, 3.63) is 60.3 Å². The van der Waals surface area contributed by atoms with E-state index in [0.717, 1.165) is 29.9 Å². The number of nitrogens with one attached hydrogen (secondary N) is 1. The first kappa shape index (κ1) is 17.9. The lowest BCUT2D eigenvalue weighted by atomic mass is 10.1. The van der Waals surface area contributed by atoms with Crippen molar-refractivity contribution in [3.63, 3.8) is 0 Å². The summed E-state index contributed by atoms with van der Waals surface area (Å²) in [5.74, 6) is 1.17. The molecule has 1 aromatic carbocycles. The van der Waals surface area contributed by atoms with Crippen LogP contribution in [0.15, 0.2) is 59.7 Å². The first-order valence-electron chi connectivity index (χ1n) is 9.14. The lowest BCUT2D eigenvalue weighted by molar-refractivity contribution is -0.114. The maximum atomic E-state index is 12.7. The quantitative estimate of drug-likeness (QED) is 0.585. The first-order valence-corrected chi connectivity index (χ1v) is 9.14. The largest absolute Gasteiger partial charge is 0.276 e. The number of pyridine rings is 1. The van der Waals surface area contributed by atoms with Gasteiger partial charge in [-0.2, -0.15) is 5.01 Å². The van der Waals surface area contributed by atoms with Crippen LogP contribution in [0, 0.1) is 0 Å². The molecule has 2 heterocycles. The Morgan fingerprint density at radius 1 is 1.12 bits per heavy atom. The van der Waals surface area contributed by atoms with Crippen LogP contribution in [0.1, 0.15) is 44.6 Å². The van der Waals surface area contributed by atoms with E-state index in [2.05, 4.69) is 22.3 Å². The van der Waals surface area contributed by atoms with Gasteiger partial charge in [-0.15, -0.1) is 0 Å². The summed E-state index contributed by atoms with van der Waals surface area (Å²) in [4.78, 5) is 21.7. The van der Waals surface area contributed by atoms with Gasteiger partial charge in [0.2, 0.25) is 0 Å². The van der Waals surface area contributed by atoms with Crippen molar-refractivity contribution in [3.8, 4) is 0 Å². The topological polar surface area (TPSA) is 57.6 Å². The monoisotopic (exact) mass is 348 g/mol. The maximum absolute atomic E-state index is 12.7. The number of nitrogens with zero attached hydrogens (tertiary/aromatic N) is 3. The molecule has 1 aliphatic heterocycles. The molecule has 1 amide bonds. The Balaban J connectivity index is 1.75. The Morgan fingerprint density at radius 2 is 1.96 bits per heavy atom. The van der Waals surface area contributed by atoms with Crippen LogP contribution in [0.2, 0.25) is 0 Å². The molecule has 0 saturated heterocycles. The van der Waals surface area contributed by atoms with E-state index in [1.54, 1.807) is 18.3 Å². The Kier molecular flexibility index (Phi) is 6.14. The molecule has 26 heavy (non-hydrogen) atoms. The van der Waals surface area contributed by atoms with Crippen LogP contribution < -0.4 is 10.4 Å². The van der Waals surface area contributed by atoms with Gasteiger partial charge in [0.25, 0.3) is 5.91 Å². The molecule has 3 rings (SSSR count). The first-order chi connectivity index (χ1) is 12.8. The Hall–Kier alpha value is -2.95. The highest BCUT2D eigenvalue weighted by atomic mass is 16.2. The SMILES string of the molecule is CCCCCCC1=Nc2cccnc2N(C(=O)C=Cc2ccccc2)N1. The second-order valence-electron chi connectivity index (χ2n) is 6.24. The van der Waals surface area contributed by atoms with Gasteiger partial charge in [-0.3, -0.25) is 10.2 Å². The van der Waals surface area contributed by atoms with Crippen LogP contribution in [0.4, 0.5) is 11.5 Å². The van der Waals surface area contributed by atoms with E-state index in [1.807, 2.05) is 42.5 Å². The van der Waals surface area contributed by atoms with Gasteiger partial charge in [-0.25, -0.2) is 9.98 Å². The molecule has 5 heteroatoms. The molecule has 0 fully saturated rings. The lowest BCUT2D eigenvalue weighted by Gasteiger charge is -2.28. The van der Waals surface area contributed by atoms with Gasteiger partial charge >= 0.3 is 0 Å². The minimum Gasteiger partial charge on any atom is -0.276 e. The van der Waals surface area contributed by atoms with Crippen molar-refractivity contribution >= 4 is 29.3 Å². The molecule has 5 nitrogen and oxygen atoms in total. The van der Waals surface area contributed by atoms with Gasteiger partial charge in [-0.05, 0) is 30.2 Å². The van der Waals surface area contributed by atoms with Crippen molar-refractivity contribution in [2.24, 2.45) is 4.99 Å². The molecule has 1 aliphatic rings. The summed E-state index contributed by atoms with van der Waals surface area (Å²) in [6.07, 6.45) is 10.5. The number of hydrogen-bond acceptors (Lipinski definition) is 4. The molecule has 0 radical (unpaired) electrons. The van der Waals surface area contributed by atoms with Crippen molar-refractivity contribution in [2.45, 2.75) is 39.0 Å². The molecule has 1 N–H and O–H groups in total. The minimum atomic E-state index is -0.172. The maximum Gasteiger partial charge on any atom is 0.271 e. The van der Waals surface area contributed by atoms with Crippen LogP contribution in [-0.4, -0.2) is 16.7 Å². The van der Waals surface area contributed by atoms with Gasteiger partial charge in [0.05, 0.1) is 0 Å². The number of aliphatic imine (C=N–C) groups is 1. The molecular formula is C21H24N4O. The smallest absolute Gasteiger partial charge is 0.271 e. The van der Waals surface area contributed by atoms with Gasteiger partial charge in [0.15, 0.2) is 5.82 Å². The third kappa shape index (κ3) is 4.57. The molecule has 0 atom stereocenters. The summed E-state index contributed by atoms with van der Waals surface area (Å²) in [5.41, 5.74) is 4.84. The number of hydrazine groups is 1. The van der Waals surface area contributed by atoms with Crippen LogP contribution in [0.5, 0.6) is 0 Å². The summed E-state index contributed by atoms with van der Waals surface area (Å²) in [6.45, 7) is 2.19. The number of rotatable bonds is 7. The number of aromatic nitrogens is 1. The molecule has 0 bridgehead atoms. The number of carbonyl (C=O) groups excluding carboxylic acids is 1. The highest BCUT2D eigenvalue weighted by Gasteiger charge is 2.23. The van der Waals surface area contributed by atoms with Crippen molar-refractivity contribution < 1.29 is 4.79 Å². The summed E-state index contributed by atoms with van der Waals surface area (Å²) in [6, 6.07) is 13.5. The molecule has 0 spiro atoms. The third-order valence-corrected chi connectivity index (χ3v) is 4.18. The Labute approximate surface area is 154 Å². The summed E-state index contributed by atoms with van der Waals surface area (Å²) in [7, 11) is 0. The van der Waals surface area contributed by atoms with Crippen molar-refractivity contribution in [1.82, 2.24) is 10.4 Å². The number of amidine groups is 1.